The summed E-state index contributed by atoms with van der Waals surface area (Å²) >= 11 is 0. The fraction of sp³-hybridized carbons (Fsp3) is 1.00. The summed E-state index contributed by atoms with van der Waals surface area (Å²) < 4.78 is 13.9. The first-order valence-corrected chi connectivity index (χ1v) is 5.59. The highest BCUT2D eigenvalue weighted by molar-refractivity contribution is 4.83. The Bertz CT molecular complexity index is 137. The third kappa shape index (κ3) is 3.26. The Morgan fingerprint density at radius 2 is 1.92 bits per heavy atom. The summed E-state index contributed by atoms with van der Waals surface area (Å²) in [6.07, 6.45) is 7.60. The van der Waals surface area contributed by atoms with Gasteiger partial charge in [0.15, 0.2) is 0 Å². The molecule has 1 saturated carbocycles. The molecule has 1 fully saturated rings. The van der Waals surface area contributed by atoms with Gasteiger partial charge in [-0.2, -0.15) is 0 Å². The molecule has 0 aromatic heterocycles. The average Bonchev–Trinajstić information content (AvgIpc) is 2.19. The van der Waals surface area contributed by atoms with Crippen molar-refractivity contribution in [3.05, 3.63) is 0 Å². The van der Waals surface area contributed by atoms with E-state index in [2.05, 4.69) is 0 Å². The molecule has 0 saturated heterocycles. The summed E-state index contributed by atoms with van der Waals surface area (Å²) in [5, 5.41) is 0. The molecule has 2 heteroatoms. The predicted molar refractivity (Wildman–Crippen MR) is 54.4 cm³/mol. The van der Waals surface area contributed by atoms with Gasteiger partial charge in [0.2, 0.25) is 0 Å². The van der Waals surface area contributed by atoms with E-state index in [1.54, 1.807) is 0 Å². The first-order chi connectivity index (χ1) is 6.20. The maximum absolute atomic E-state index is 13.9. The quantitative estimate of drug-likeness (QED) is 0.719. The standard InChI is InChI=1S/C11H22FN/c1-2-11(12,9-13)8-10-6-4-3-5-7-10/h10H,2-9,13H2,1H3. The van der Waals surface area contributed by atoms with E-state index in [1.807, 2.05) is 6.92 Å². The molecular weight excluding hydrogens is 165 g/mol. The van der Waals surface area contributed by atoms with Crippen LogP contribution in [-0.4, -0.2) is 12.2 Å². The van der Waals surface area contributed by atoms with E-state index in [0.717, 1.165) is 0 Å². The normalized spacial score (nSPS) is 24.2. The summed E-state index contributed by atoms with van der Waals surface area (Å²) in [7, 11) is 0. The van der Waals surface area contributed by atoms with E-state index in [9.17, 15) is 4.39 Å². The molecule has 0 aromatic rings. The molecular formula is C11H22FN. The van der Waals surface area contributed by atoms with Gasteiger partial charge < -0.3 is 5.73 Å². The maximum atomic E-state index is 13.9. The van der Waals surface area contributed by atoms with Crippen LogP contribution in [0.3, 0.4) is 0 Å². The van der Waals surface area contributed by atoms with Gasteiger partial charge >= 0.3 is 0 Å². The van der Waals surface area contributed by atoms with Crippen LogP contribution >= 0.6 is 0 Å². The van der Waals surface area contributed by atoms with Crippen LogP contribution in [0.25, 0.3) is 0 Å². The Kier molecular flexibility index (Phi) is 4.17. The minimum absolute atomic E-state index is 0.194. The molecule has 0 spiro atoms. The topological polar surface area (TPSA) is 26.0 Å². The fourth-order valence-corrected chi connectivity index (χ4v) is 2.28. The number of alkyl halides is 1. The number of hydrogen-bond acceptors (Lipinski definition) is 1. The lowest BCUT2D eigenvalue weighted by Gasteiger charge is -2.29. The van der Waals surface area contributed by atoms with Crippen LogP contribution in [0.2, 0.25) is 0 Å². The molecule has 1 atom stereocenters. The highest BCUT2D eigenvalue weighted by atomic mass is 19.1. The number of nitrogens with two attached hydrogens (primary N) is 1. The molecule has 0 bridgehead atoms. The van der Waals surface area contributed by atoms with Crippen LogP contribution < -0.4 is 5.73 Å². The van der Waals surface area contributed by atoms with Crippen molar-refractivity contribution >= 4 is 0 Å². The first-order valence-electron chi connectivity index (χ1n) is 5.59. The zero-order chi connectivity index (χ0) is 9.73. The van der Waals surface area contributed by atoms with Gasteiger partial charge in [-0.15, -0.1) is 0 Å². The SMILES string of the molecule is CCC(F)(CN)CC1CCCCC1. The van der Waals surface area contributed by atoms with Gasteiger partial charge in [-0.3, -0.25) is 0 Å². The lowest BCUT2D eigenvalue weighted by molar-refractivity contribution is 0.113. The molecule has 1 unspecified atom stereocenters. The molecule has 1 nitrogen and oxygen atoms in total. The van der Waals surface area contributed by atoms with Crippen LogP contribution in [0.4, 0.5) is 4.39 Å². The lowest BCUT2D eigenvalue weighted by atomic mass is 9.81. The third-order valence-electron chi connectivity index (χ3n) is 3.38. The molecule has 0 aromatic carbocycles. The molecule has 0 amide bonds. The second-order valence-electron chi connectivity index (χ2n) is 4.42. The van der Waals surface area contributed by atoms with Crippen molar-refractivity contribution in [3.8, 4) is 0 Å². The van der Waals surface area contributed by atoms with Crippen LogP contribution in [0.1, 0.15) is 51.9 Å². The first kappa shape index (κ1) is 11.0. The van der Waals surface area contributed by atoms with Crippen molar-refractivity contribution < 1.29 is 4.39 Å². The minimum Gasteiger partial charge on any atom is -0.328 e. The molecule has 1 rings (SSSR count). The van der Waals surface area contributed by atoms with E-state index in [0.29, 0.717) is 18.8 Å². The van der Waals surface area contributed by atoms with Crippen molar-refractivity contribution in [3.63, 3.8) is 0 Å². The summed E-state index contributed by atoms with van der Waals surface area (Å²) in [5.74, 6) is 0.599. The van der Waals surface area contributed by atoms with Gasteiger partial charge in [0.1, 0.15) is 5.67 Å². The van der Waals surface area contributed by atoms with Gasteiger partial charge in [-0.25, -0.2) is 4.39 Å². The van der Waals surface area contributed by atoms with Crippen molar-refractivity contribution in [1.29, 1.82) is 0 Å². The third-order valence-corrected chi connectivity index (χ3v) is 3.38. The second kappa shape index (κ2) is 4.94. The van der Waals surface area contributed by atoms with Crippen molar-refractivity contribution in [2.75, 3.05) is 6.54 Å². The molecule has 1 aliphatic rings. The Balaban J connectivity index is 2.35. The molecule has 0 radical (unpaired) electrons. The number of rotatable bonds is 4. The Labute approximate surface area is 80.9 Å². The lowest BCUT2D eigenvalue weighted by Crippen LogP contribution is -2.35. The summed E-state index contributed by atoms with van der Waals surface area (Å²) in [5.41, 5.74) is 4.38. The van der Waals surface area contributed by atoms with Gasteiger partial charge in [0.05, 0.1) is 0 Å². The molecule has 0 heterocycles. The Hall–Kier alpha value is -0.110. The van der Waals surface area contributed by atoms with Crippen molar-refractivity contribution in [2.24, 2.45) is 11.7 Å². The minimum atomic E-state index is -1.08. The number of halogens is 1. The molecule has 0 aliphatic heterocycles. The van der Waals surface area contributed by atoms with E-state index in [1.165, 1.54) is 32.1 Å². The zero-order valence-corrected chi connectivity index (χ0v) is 8.69. The second-order valence-corrected chi connectivity index (χ2v) is 4.42. The fourth-order valence-electron chi connectivity index (χ4n) is 2.28. The molecule has 13 heavy (non-hydrogen) atoms. The van der Waals surface area contributed by atoms with Crippen LogP contribution in [0.15, 0.2) is 0 Å². The average molecular weight is 187 g/mol. The van der Waals surface area contributed by atoms with Crippen LogP contribution in [-0.2, 0) is 0 Å². The maximum Gasteiger partial charge on any atom is 0.123 e. The van der Waals surface area contributed by atoms with E-state index >= 15 is 0 Å². The molecule has 78 valence electrons. The highest BCUT2D eigenvalue weighted by Gasteiger charge is 2.30. The number of hydrogen-bond donors (Lipinski definition) is 1. The summed E-state index contributed by atoms with van der Waals surface area (Å²) in [6.45, 7) is 2.09. The van der Waals surface area contributed by atoms with Gasteiger partial charge in [-0.05, 0) is 18.8 Å². The monoisotopic (exact) mass is 187 g/mol. The van der Waals surface area contributed by atoms with Gasteiger partial charge in [0.25, 0.3) is 0 Å². The van der Waals surface area contributed by atoms with Crippen LogP contribution in [0, 0.1) is 5.92 Å². The van der Waals surface area contributed by atoms with E-state index in [-0.39, 0.29) is 6.54 Å². The smallest absolute Gasteiger partial charge is 0.123 e. The van der Waals surface area contributed by atoms with Crippen molar-refractivity contribution in [1.82, 2.24) is 0 Å². The van der Waals surface area contributed by atoms with Gasteiger partial charge in [0, 0.05) is 6.54 Å². The van der Waals surface area contributed by atoms with Gasteiger partial charge in [-0.1, -0.05) is 39.0 Å². The Morgan fingerprint density at radius 3 is 2.38 bits per heavy atom. The molecule has 2 N–H and O–H groups in total. The predicted octanol–water partition coefficient (Wildman–Crippen LogP) is 3.03. The molecule has 1 aliphatic carbocycles. The summed E-state index contributed by atoms with van der Waals surface area (Å²) in [6, 6.07) is 0. The van der Waals surface area contributed by atoms with Crippen LogP contribution in [0.5, 0.6) is 0 Å². The zero-order valence-electron chi connectivity index (χ0n) is 8.69. The van der Waals surface area contributed by atoms with E-state index < -0.39 is 5.67 Å². The largest absolute Gasteiger partial charge is 0.328 e. The summed E-state index contributed by atoms with van der Waals surface area (Å²) in [4.78, 5) is 0. The highest BCUT2D eigenvalue weighted by Crippen LogP contribution is 2.33. The van der Waals surface area contributed by atoms with Crippen molar-refractivity contribution in [2.45, 2.75) is 57.5 Å². The van der Waals surface area contributed by atoms with E-state index in [4.69, 9.17) is 5.73 Å². The Morgan fingerprint density at radius 1 is 1.31 bits per heavy atom.